The molecule has 0 aromatic carbocycles. The first-order valence-corrected chi connectivity index (χ1v) is 12.2. The summed E-state index contributed by atoms with van der Waals surface area (Å²) in [6.45, 7) is 2.67. The van der Waals surface area contributed by atoms with E-state index in [9.17, 15) is 18.0 Å². The van der Waals surface area contributed by atoms with Crippen molar-refractivity contribution in [3.8, 4) is 5.88 Å². The number of ether oxygens (including phenoxy) is 1. The Bertz CT molecular complexity index is 1310. The van der Waals surface area contributed by atoms with Gasteiger partial charge in [-0.2, -0.15) is 13.5 Å². The second-order valence-electron chi connectivity index (χ2n) is 7.68. The van der Waals surface area contributed by atoms with Crippen LogP contribution in [0.25, 0.3) is 0 Å². The lowest BCUT2D eigenvalue weighted by Gasteiger charge is -2.50. The van der Waals surface area contributed by atoms with Crippen molar-refractivity contribution in [2.75, 3.05) is 18.9 Å². The highest BCUT2D eigenvalue weighted by Crippen LogP contribution is 2.32. The molecule has 36 heavy (non-hydrogen) atoms. The maximum absolute atomic E-state index is 12.9. The molecule has 1 fully saturated rings. The van der Waals surface area contributed by atoms with Crippen molar-refractivity contribution in [1.29, 1.82) is 5.41 Å². The van der Waals surface area contributed by atoms with Gasteiger partial charge in [0.25, 0.3) is 11.8 Å². The zero-order valence-corrected chi connectivity index (χ0v) is 20.5. The molecule has 2 aromatic rings. The number of carbonyl (C=O) groups is 2. The highest BCUT2D eigenvalue weighted by molar-refractivity contribution is 7.80. The molecule has 0 radical (unpaired) electrons. The number of oxime groups is 1. The molecular formula is C18H22N8O8S2. The third-order valence-electron chi connectivity index (χ3n) is 4.73. The number of anilines is 1. The highest BCUT2D eigenvalue weighted by Gasteiger charge is 2.58. The van der Waals surface area contributed by atoms with E-state index in [4.69, 9.17) is 31.0 Å². The normalized spacial score (nSPS) is 17.3. The van der Waals surface area contributed by atoms with E-state index in [-0.39, 0.29) is 41.5 Å². The third-order valence-corrected chi connectivity index (χ3v) is 5.74. The predicted molar refractivity (Wildman–Crippen MR) is 125 cm³/mol. The minimum Gasteiger partial charge on any atom is -0.474 e. The van der Waals surface area contributed by atoms with Gasteiger partial charge in [0, 0.05) is 23.2 Å². The van der Waals surface area contributed by atoms with Crippen LogP contribution in [0.5, 0.6) is 5.88 Å². The molecule has 3 heterocycles. The highest BCUT2D eigenvalue weighted by atomic mass is 32.3. The number of thiazole rings is 1. The number of aromatic nitrogens is 2. The number of nitrogens with one attached hydrogen (secondary N) is 2. The summed E-state index contributed by atoms with van der Waals surface area (Å²) in [5.74, 6) is -1.74. The van der Waals surface area contributed by atoms with Gasteiger partial charge in [-0.15, -0.1) is 15.6 Å². The van der Waals surface area contributed by atoms with Crippen LogP contribution in [-0.4, -0.2) is 76.2 Å². The summed E-state index contributed by atoms with van der Waals surface area (Å²) in [5, 5.41) is 15.7. The number of nitrogen functional groups attached to an aromatic ring is 2. The van der Waals surface area contributed by atoms with Gasteiger partial charge in [-0.25, -0.2) is 9.97 Å². The maximum Gasteiger partial charge on any atom is 0.418 e. The molecule has 7 N–H and O–H groups in total. The van der Waals surface area contributed by atoms with Gasteiger partial charge in [-0.05, 0) is 19.9 Å². The van der Waals surface area contributed by atoms with Crippen LogP contribution in [0.15, 0.2) is 28.9 Å². The number of nitrogens with zero attached hydrogens (tertiary/aromatic N) is 4. The van der Waals surface area contributed by atoms with Crippen LogP contribution in [0.1, 0.15) is 25.1 Å². The molecule has 0 spiro atoms. The molecule has 0 unspecified atom stereocenters. The van der Waals surface area contributed by atoms with E-state index in [1.165, 1.54) is 31.5 Å². The molecule has 1 saturated heterocycles. The second kappa shape index (κ2) is 10.4. The van der Waals surface area contributed by atoms with Crippen LogP contribution in [-0.2, 0) is 29.1 Å². The van der Waals surface area contributed by atoms with Crippen molar-refractivity contribution < 1.29 is 36.4 Å². The van der Waals surface area contributed by atoms with Crippen LogP contribution >= 0.6 is 11.3 Å². The number of amidine groups is 1. The first-order chi connectivity index (χ1) is 16.8. The lowest BCUT2D eigenvalue weighted by molar-refractivity contribution is -0.218. The third kappa shape index (κ3) is 6.22. The van der Waals surface area contributed by atoms with Crippen LogP contribution in [0.3, 0.4) is 0 Å². The van der Waals surface area contributed by atoms with Crippen molar-refractivity contribution in [3.63, 3.8) is 0 Å². The molecular weight excluding hydrogens is 520 g/mol. The molecule has 1 aliphatic heterocycles. The quantitative estimate of drug-likeness (QED) is 0.0575. The molecule has 1 aliphatic rings. The zero-order chi connectivity index (χ0) is 26.7. The van der Waals surface area contributed by atoms with Gasteiger partial charge in [-0.1, -0.05) is 5.16 Å². The van der Waals surface area contributed by atoms with E-state index in [1.807, 2.05) is 0 Å². The van der Waals surface area contributed by atoms with Crippen molar-refractivity contribution in [1.82, 2.24) is 20.3 Å². The second-order valence-corrected chi connectivity index (χ2v) is 9.58. The summed E-state index contributed by atoms with van der Waals surface area (Å²) >= 11 is 1.04. The average molecular weight is 543 g/mol. The molecule has 0 saturated carbocycles. The minimum atomic E-state index is -4.95. The van der Waals surface area contributed by atoms with Gasteiger partial charge in [0.1, 0.15) is 24.2 Å². The van der Waals surface area contributed by atoms with Crippen molar-refractivity contribution >= 4 is 50.2 Å². The number of hydrogen-bond acceptors (Lipinski definition) is 13. The summed E-state index contributed by atoms with van der Waals surface area (Å²) < 4.78 is 40.4. The van der Waals surface area contributed by atoms with Crippen LogP contribution in [0.4, 0.5) is 5.13 Å². The zero-order valence-electron chi connectivity index (χ0n) is 18.9. The summed E-state index contributed by atoms with van der Waals surface area (Å²) in [7, 11) is -4.95. The van der Waals surface area contributed by atoms with Gasteiger partial charge >= 0.3 is 10.4 Å². The fraction of sp³-hybridized carbons (Fsp3) is 0.333. The summed E-state index contributed by atoms with van der Waals surface area (Å²) in [6.07, 6.45) is 1.42. The number of hydroxylamine groups is 2. The summed E-state index contributed by atoms with van der Waals surface area (Å²) in [4.78, 5) is 38.4. The van der Waals surface area contributed by atoms with Crippen molar-refractivity contribution in [3.05, 3.63) is 35.0 Å². The molecule has 2 amide bonds. The Morgan fingerprint density at radius 2 is 2.14 bits per heavy atom. The Labute approximate surface area is 208 Å². The number of carbonyl (C=O) groups excluding carboxylic acids is 2. The van der Waals surface area contributed by atoms with Crippen LogP contribution in [0.2, 0.25) is 0 Å². The van der Waals surface area contributed by atoms with E-state index in [0.717, 1.165) is 11.3 Å². The molecule has 1 atom stereocenters. The minimum absolute atomic E-state index is 0.0258. The van der Waals surface area contributed by atoms with Crippen LogP contribution < -0.4 is 21.5 Å². The van der Waals surface area contributed by atoms with E-state index >= 15 is 0 Å². The Morgan fingerprint density at radius 3 is 2.72 bits per heavy atom. The molecule has 2 aromatic heterocycles. The van der Waals surface area contributed by atoms with Gasteiger partial charge in [-0.3, -0.25) is 19.6 Å². The molecule has 16 nitrogen and oxygen atoms in total. The number of rotatable bonds is 11. The van der Waals surface area contributed by atoms with Crippen molar-refractivity contribution in [2.45, 2.75) is 25.4 Å². The number of pyridine rings is 1. The molecule has 3 rings (SSSR count). The fourth-order valence-corrected chi connectivity index (χ4v) is 3.97. The van der Waals surface area contributed by atoms with Crippen LogP contribution in [0, 0.1) is 5.41 Å². The Balaban J connectivity index is 1.65. The maximum atomic E-state index is 12.9. The Morgan fingerprint density at radius 1 is 1.42 bits per heavy atom. The van der Waals surface area contributed by atoms with E-state index < -0.39 is 33.8 Å². The number of nitrogens with two attached hydrogens (primary N) is 2. The van der Waals surface area contributed by atoms with E-state index in [2.05, 4.69) is 24.7 Å². The monoisotopic (exact) mass is 542 g/mol. The average Bonchev–Trinajstić information content (AvgIpc) is 3.23. The van der Waals surface area contributed by atoms with Gasteiger partial charge in [0.2, 0.25) is 5.88 Å². The van der Waals surface area contributed by atoms with Gasteiger partial charge in [0.15, 0.2) is 17.5 Å². The van der Waals surface area contributed by atoms with Crippen molar-refractivity contribution in [2.24, 2.45) is 10.9 Å². The smallest absolute Gasteiger partial charge is 0.418 e. The van der Waals surface area contributed by atoms with Gasteiger partial charge < -0.3 is 26.4 Å². The first-order valence-electron chi connectivity index (χ1n) is 9.96. The topological polar surface area (TPSA) is 246 Å². The standard InChI is InChI=1S/C18H22N8O8S2/c1-18(2)13(16(28)26(18)34-36(29,30)31)24-15(27)12(10-8-35-17(21)23-10)25-33-6-5-32-11-7-9(14(19)20)3-4-22-11/h3-4,7-8,13H,5-6H2,1-2H3,(H3,19,20)(H2,21,23)(H,24,27)(H,29,30,31)/b25-12-/t13-/m1/s1. The molecule has 194 valence electrons. The summed E-state index contributed by atoms with van der Waals surface area (Å²) in [5.41, 5.74) is 9.93. The van der Waals surface area contributed by atoms with E-state index in [1.54, 1.807) is 6.07 Å². The lowest BCUT2D eigenvalue weighted by Crippen LogP contribution is -2.76. The first kappa shape index (κ1) is 26.7. The number of amides is 2. The number of β-lactam (4-membered cyclic amide) rings is 1. The van der Waals surface area contributed by atoms with E-state index in [0.29, 0.717) is 10.6 Å². The largest absolute Gasteiger partial charge is 0.474 e. The SMILES string of the molecule is CC1(C)[C@H](NC(=O)/C(=N\OCCOc2cc(C(=N)N)ccn2)c2csc(N)n2)C(=O)N1OS(=O)(=O)O. The Hall–Kier alpha value is -3.87. The lowest BCUT2D eigenvalue weighted by atomic mass is 9.84. The molecule has 0 bridgehead atoms. The molecule has 18 heteroatoms. The molecule has 0 aliphatic carbocycles. The Kier molecular flexibility index (Phi) is 7.72. The number of hydrogen-bond donors (Lipinski definition) is 5. The predicted octanol–water partition coefficient (Wildman–Crippen LogP) is -0.956. The summed E-state index contributed by atoms with van der Waals surface area (Å²) in [6, 6.07) is 1.80. The fourth-order valence-electron chi connectivity index (χ4n) is 2.97. The van der Waals surface area contributed by atoms with Gasteiger partial charge in [0.05, 0.1) is 5.54 Å².